The van der Waals surface area contributed by atoms with Crippen LogP contribution in [0.5, 0.6) is 11.5 Å². The Morgan fingerprint density at radius 2 is 1.80 bits per heavy atom. The molecule has 5 aromatic rings. The summed E-state index contributed by atoms with van der Waals surface area (Å²) in [5.74, 6) is -2.16. The second-order valence-electron chi connectivity index (χ2n) is 9.56. The number of carboxylic acid groups (broad SMARTS) is 1. The zero-order chi connectivity index (χ0) is 31.6. The minimum absolute atomic E-state index is 0.195. The lowest BCUT2D eigenvalue weighted by Gasteiger charge is -2.28. The molecule has 1 aliphatic heterocycles. The molecule has 1 fully saturated rings. The van der Waals surface area contributed by atoms with Crippen molar-refractivity contribution in [3.05, 3.63) is 59.9 Å². The molecule has 1 aliphatic rings. The Morgan fingerprint density at radius 1 is 1.07 bits per heavy atom. The molecule has 0 atom stereocenters. The standard InChI is InChI=1S/C25H23F2N9O.C2HF3O2/c1-14-20(37-15-11-16(26)24-19(12-15)33-34-35(24)2)5-3-17(22(14)27)31-25-23-18(29-13-30-25)4-6-21(32-23)36-9-7-28-8-10-36;3-2(4,5)1(6)7/h3-6,11-13,28H,7-10H2,1-2H3,(H,29,30,31);(H,6,7). The van der Waals surface area contributed by atoms with Crippen LogP contribution in [-0.4, -0.2) is 73.4 Å². The van der Waals surface area contributed by atoms with E-state index in [2.05, 4.69) is 35.8 Å². The molecule has 6 rings (SSSR count). The lowest BCUT2D eigenvalue weighted by molar-refractivity contribution is -0.192. The van der Waals surface area contributed by atoms with E-state index in [9.17, 15) is 17.6 Å². The Labute approximate surface area is 245 Å². The van der Waals surface area contributed by atoms with E-state index in [0.29, 0.717) is 22.4 Å². The van der Waals surface area contributed by atoms with Crippen molar-refractivity contribution in [3.63, 3.8) is 0 Å². The number of fused-ring (bicyclic) bond motifs is 2. The molecule has 3 aromatic heterocycles. The van der Waals surface area contributed by atoms with E-state index in [0.717, 1.165) is 32.0 Å². The molecule has 0 bridgehead atoms. The predicted molar refractivity (Wildman–Crippen MR) is 149 cm³/mol. The third-order valence-electron chi connectivity index (χ3n) is 6.60. The maximum atomic E-state index is 15.4. The zero-order valence-corrected chi connectivity index (χ0v) is 23.2. The molecular formula is C27H24F5N9O3. The number of anilines is 3. The number of nitrogens with one attached hydrogen (secondary N) is 2. The second-order valence-corrected chi connectivity index (χ2v) is 9.56. The molecular weight excluding hydrogens is 593 g/mol. The van der Waals surface area contributed by atoms with Gasteiger partial charge < -0.3 is 25.4 Å². The molecule has 0 radical (unpaired) electrons. The van der Waals surface area contributed by atoms with E-state index in [1.807, 2.05) is 12.1 Å². The highest BCUT2D eigenvalue weighted by atomic mass is 19.4. The summed E-state index contributed by atoms with van der Waals surface area (Å²) in [6.45, 7) is 5.05. The van der Waals surface area contributed by atoms with Crippen LogP contribution >= 0.6 is 0 Å². The molecule has 17 heteroatoms. The van der Waals surface area contributed by atoms with Gasteiger partial charge >= 0.3 is 12.1 Å². The van der Waals surface area contributed by atoms with E-state index in [1.165, 1.54) is 17.1 Å². The summed E-state index contributed by atoms with van der Waals surface area (Å²) < 4.78 is 68.8. The number of hydrogen-bond acceptors (Lipinski definition) is 10. The number of benzene rings is 2. The van der Waals surface area contributed by atoms with Crippen LogP contribution in [-0.2, 0) is 11.8 Å². The molecule has 0 unspecified atom stereocenters. The summed E-state index contributed by atoms with van der Waals surface area (Å²) >= 11 is 0. The molecule has 4 heterocycles. The topological polar surface area (TPSA) is 143 Å². The molecule has 0 aliphatic carbocycles. The van der Waals surface area contributed by atoms with E-state index < -0.39 is 23.8 Å². The Bertz CT molecular complexity index is 1840. The van der Waals surface area contributed by atoms with Crippen molar-refractivity contribution < 1.29 is 36.6 Å². The molecule has 2 aromatic carbocycles. The monoisotopic (exact) mass is 617 g/mol. The van der Waals surface area contributed by atoms with Crippen LogP contribution in [0.2, 0.25) is 0 Å². The number of aromatic nitrogens is 6. The number of aliphatic carboxylic acids is 1. The van der Waals surface area contributed by atoms with Crippen molar-refractivity contribution in [2.24, 2.45) is 7.05 Å². The van der Waals surface area contributed by atoms with Gasteiger partial charge in [0.05, 0.1) is 11.2 Å². The maximum Gasteiger partial charge on any atom is 0.490 e. The van der Waals surface area contributed by atoms with Crippen LogP contribution in [0.3, 0.4) is 0 Å². The van der Waals surface area contributed by atoms with Gasteiger partial charge in [0, 0.05) is 50.9 Å². The van der Waals surface area contributed by atoms with Gasteiger partial charge in [0.1, 0.15) is 40.2 Å². The molecule has 3 N–H and O–H groups in total. The third-order valence-corrected chi connectivity index (χ3v) is 6.60. The van der Waals surface area contributed by atoms with Gasteiger partial charge in [-0.05, 0) is 31.2 Å². The fourth-order valence-electron chi connectivity index (χ4n) is 4.40. The van der Waals surface area contributed by atoms with Gasteiger partial charge in [0.2, 0.25) is 0 Å². The van der Waals surface area contributed by atoms with Gasteiger partial charge in [0.15, 0.2) is 17.5 Å². The number of ether oxygens (including phenoxy) is 1. The summed E-state index contributed by atoms with van der Waals surface area (Å²) in [4.78, 5) is 24.5. The highest BCUT2D eigenvalue weighted by Gasteiger charge is 2.38. The SMILES string of the molecule is Cc1c(Oc2cc(F)c3c(c2)nnn3C)ccc(Nc2ncnc3ccc(N4CCNCC4)nc23)c1F.O=C(O)C(F)(F)F. The van der Waals surface area contributed by atoms with Crippen LogP contribution in [0.15, 0.2) is 42.7 Å². The van der Waals surface area contributed by atoms with E-state index in [-0.39, 0.29) is 28.3 Å². The fourth-order valence-corrected chi connectivity index (χ4v) is 4.40. The number of alkyl halides is 3. The van der Waals surface area contributed by atoms with Crippen molar-refractivity contribution in [1.29, 1.82) is 0 Å². The summed E-state index contributed by atoms with van der Waals surface area (Å²) in [6.07, 6.45) is -3.67. The maximum absolute atomic E-state index is 15.4. The number of carbonyl (C=O) groups is 1. The number of halogens is 5. The van der Waals surface area contributed by atoms with Crippen LogP contribution in [0.1, 0.15) is 5.56 Å². The normalized spacial score (nSPS) is 13.5. The molecule has 0 saturated carbocycles. The van der Waals surface area contributed by atoms with Crippen molar-refractivity contribution in [2.75, 3.05) is 36.4 Å². The van der Waals surface area contributed by atoms with Crippen LogP contribution in [0.4, 0.5) is 39.3 Å². The van der Waals surface area contributed by atoms with Crippen LogP contribution < -0.4 is 20.3 Å². The first-order valence-electron chi connectivity index (χ1n) is 13.0. The van der Waals surface area contributed by atoms with Gasteiger partial charge in [-0.2, -0.15) is 13.2 Å². The lowest BCUT2D eigenvalue weighted by atomic mass is 10.1. The average molecular weight is 618 g/mol. The van der Waals surface area contributed by atoms with Crippen molar-refractivity contribution in [2.45, 2.75) is 13.1 Å². The molecule has 1 saturated heterocycles. The smallest absolute Gasteiger partial charge is 0.475 e. The second kappa shape index (κ2) is 12.2. The largest absolute Gasteiger partial charge is 0.490 e. The first-order chi connectivity index (χ1) is 20.9. The molecule has 0 spiro atoms. The number of piperazine rings is 1. The predicted octanol–water partition coefficient (Wildman–Crippen LogP) is 4.47. The molecule has 230 valence electrons. The fraction of sp³-hybridized carbons (Fsp3) is 0.259. The van der Waals surface area contributed by atoms with E-state index in [1.54, 1.807) is 32.2 Å². The molecule has 0 amide bonds. The molecule has 44 heavy (non-hydrogen) atoms. The Hall–Kier alpha value is -5.19. The van der Waals surface area contributed by atoms with Gasteiger partial charge in [-0.3, -0.25) is 0 Å². The van der Waals surface area contributed by atoms with Crippen LogP contribution in [0.25, 0.3) is 22.1 Å². The summed E-state index contributed by atoms with van der Waals surface area (Å²) in [5.41, 5.74) is 2.25. The Balaban J connectivity index is 0.000000493. The first-order valence-corrected chi connectivity index (χ1v) is 13.0. The average Bonchev–Trinajstić information content (AvgIpc) is 3.38. The van der Waals surface area contributed by atoms with Gasteiger partial charge in [-0.25, -0.2) is 33.2 Å². The lowest BCUT2D eigenvalue weighted by Crippen LogP contribution is -2.43. The van der Waals surface area contributed by atoms with E-state index >= 15 is 4.39 Å². The third kappa shape index (κ3) is 6.41. The number of carboxylic acids is 1. The minimum atomic E-state index is -5.08. The summed E-state index contributed by atoms with van der Waals surface area (Å²) in [6, 6.07) is 9.76. The summed E-state index contributed by atoms with van der Waals surface area (Å²) in [5, 5.41) is 21.3. The number of pyridine rings is 1. The van der Waals surface area contributed by atoms with Gasteiger partial charge in [0.25, 0.3) is 0 Å². The number of hydrogen-bond donors (Lipinski definition) is 3. The number of aryl methyl sites for hydroxylation is 1. The Kier molecular flexibility index (Phi) is 8.39. The quantitative estimate of drug-likeness (QED) is 0.240. The van der Waals surface area contributed by atoms with Crippen molar-refractivity contribution >= 4 is 45.4 Å². The number of nitrogens with zero attached hydrogens (tertiary/aromatic N) is 7. The van der Waals surface area contributed by atoms with E-state index in [4.69, 9.17) is 19.6 Å². The van der Waals surface area contributed by atoms with Crippen molar-refractivity contribution in [1.82, 2.24) is 35.3 Å². The highest BCUT2D eigenvalue weighted by molar-refractivity contribution is 5.88. The van der Waals surface area contributed by atoms with Crippen LogP contribution in [0, 0.1) is 18.6 Å². The number of rotatable bonds is 5. The van der Waals surface area contributed by atoms with Crippen molar-refractivity contribution in [3.8, 4) is 11.5 Å². The van der Waals surface area contributed by atoms with Gasteiger partial charge in [-0.1, -0.05) is 5.21 Å². The zero-order valence-electron chi connectivity index (χ0n) is 23.2. The minimum Gasteiger partial charge on any atom is -0.475 e. The Morgan fingerprint density at radius 3 is 2.50 bits per heavy atom. The first kappa shape index (κ1) is 30.3. The highest BCUT2D eigenvalue weighted by Crippen LogP contribution is 2.34. The molecule has 12 nitrogen and oxygen atoms in total. The van der Waals surface area contributed by atoms with Gasteiger partial charge in [-0.15, -0.1) is 5.10 Å². The summed E-state index contributed by atoms with van der Waals surface area (Å²) in [7, 11) is 1.60.